The summed E-state index contributed by atoms with van der Waals surface area (Å²) in [5, 5.41) is 9.50. The number of benzene rings is 2. The fraction of sp³-hybridized carbons (Fsp3) is 0.105. The molecule has 0 spiro atoms. The average molecular weight is 370 g/mol. The van der Waals surface area contributed by atoms with Gasteiger partial charge in [-0.05, 0) is 23.3 Å². The summed E-state index contributed by atoms with van der Waals surface area (Å²) in [7, 11) is 0. The molecule has 0 aliphatic carbocycles. The van der Waals surface area contributed by atoms with Crippen molar-refractivity contribution in [3.8, 4) is 0 Å². The van der Waals surface area contributed by atoms with Crippen molar-refractivity contribution >= 4 is 23.4 Å². The Labute approximate surface area is 155 Å². The van der Waals surface area contributed by atoms with Crippen LogP contribution in [0.5, 0.6) is 0 Å². The van der Waals surface area contributed by atoms with Crippen molar-refractivity contribution in [3.05, 3.63) is 88.8 Å². The number of halogens is 1. The number of carbonyl (C=O) groups is 2. The fourth-order valence-electron chi connectivity index (χ4n) is 2.45. The zero-order valence-corrected chi connectivity index (χ0v) is 14.4. The minimum absolute atomic E-state index is 0.0510. The molecule has 1 atom stereocenters. The van der Waals surface area contributed by atoms with Crippen molar-refractivity contribution in [1.29, 1.82) is 0 Å². The van der Waals surface area contributed by atoms with E-state index in [4.69, 9.17) is 16.1 Å². The minimum Gasteiger partial charge on any atom is -0.351 e. The predicted octanol–water partition coefficient (Wildman–Crippen LogP) is 2.96. The van der Waals surface area contributed by atoms with Crippen LogP contribution in [0.4, 0.5) is 0 Å². The van der Waals surface area contributed by atoms with Gasteiger partial charge in [0.1, 0.15) is 0 Å². The van der Waals surface area contributed by atoms with Crippen LogP contribution in [0, 0.1) is 0 Å². The first-order valence-electron chi connectivity index (χ1n) is 7.92. The van der Waals surface area contributed by atoms with Gasteiger partial charge in [-0.3, -0.25) is 9.59 Å². The Morgan fingerprint density at radius 1 is 1.00 bits per heavy atom. The summed E-state index contributed by atoms with van der Waals surface area (Å²) in [6.07, 6.45) is 1.36. The van der Waals surface area contributed by atoms with Crippen LogP contribution in [0.25, 0.3) is 0 Å². The maximum absolute atomic E-state index is 12.3. The number of amides is 2. The molecule has 0 bridgehead atoms. The zero-order chi connectivity index (χ0) is 18.4. The number of hydrogen-bond acceptors (Lipinski definition) is 4. The number of aromatic nitrogens is 1. The van der Waals surface area contributed by atoms with Crippen molar-refractivity contribution in [2.45, 2.75) is 6.04 Å². The summed E-state index contributed by atoms with van der Waals surface area (Å²) in [6.45, 7) is -0.184. The van der Waals surface area contributed by atoms with E-state index >= 15 is 0 Å². The van der Waals surface area contributed by atoms with Crippen LogP contribution in [0.15, 0.2) is 71.4 Å². The molecule has 3 rings (SSSR count). The van der Waals surface area contributed by atoms with Crippen molar-refractivity contribution in [1.82, 2.24) is 15.8 Å². The van der Waals surface area contributed by atoms with Gasteiger partial charge in [0.25, 0.3) is 5.91 Å². The lowest BCUT2D eigenvalue weighted by molar-refractivity contribution is -0.120. The van der Waals surface area contributed by atoms with Crippen LogP contribution in [-0.4, -0.2) is 23.5 Å². The first-order valence-corrected chi connectivity index (χ1v) is 8.30. The molecule has 7 heteroatoms. The van der Waals surface area contributed by atoms with Crippen LogP contribution in [0.2, 0.25) is 5.02 Å². The van der Waals surface area contributed by atoms with E-state index in [1.807, 2.05) is 42.5 Å². The predicted molar refractivity (Wildman–Crippen MR) is 96.7 cm³/mol. The summed E-state index contributed by atoms with van der Waals surface area (Å²) in [5.74, 6) is -0.780. The lowest BCUT2D eigenvalue weighted by Gasteiger charge is -2.20. The van der Waals surface area contributed by atoms with E-state index in [1.54, 1.807) is 12.1 Å². The van der Waals surface area contributed by atoms with Gasteiger partial charge in [-0.15, -0.1) is 0 Å². The van der Waals surface area contributed by atoms with Gasteiger partial charge in [-0.25, -0.2) is 0 Å². The molecule has 1 heterocycles. The van der Waals surface area contributed by atoms with E-state index in [9.17, 15) is 9.59 Å². The summed E-state index contributed by atoms with van der Waals surface area (Å²) in [5.41, 5.74) is 1.81. The number of nitrogens with zero attached hydrogens (tertiary/aromatic N) is 1. The summed E-state index contributed by atoms with van der Waals surface area (Å²) in [4.78, 5) is 24.2. The Balaban J connectivity index is 1.70. The van der Waals surface area contributed by atoms with Crippen LogP contribution >= 0.6 is 11.6 Å². The summed E-state index contributed by atoms with van der Waals surface area (Å²) >= 11 is 5.95. The van der Waals surface area contributed by atoms with E-state index in [0.29, 0.717) is 5.02 Å². The third kappa shape index (κ3) is 4.49. The molecule has 0 aliphatic rings. The third-order valence-electron chi connectivity index (χ3n) is 3.71. The van der Waals surface area contributed by atoms with E-state index < -0.39 is 5.91 Å². The highest BCUT2D eigenvalue weighted by molar-refractivity contribution is 6.30. The number of carbonyl (C=O) groups excluding carboxylic acids is 2. The molecule has 26 heavy (non-hydrogen) atoms. The average Bonchev–Trinajstić information content (AvgIpc) is 3.21. The molecule has 1 unspecified atom stereocenters. The maximum Gasteiger partial charge on any atom is 0.290 e. The van der Waals surface area contributed by atoms with Crippen LogP contribution < -0.4 is 10.6 Å². The molecule has 132 valence electrons. The summed E-state index contributed by atoms with van der Waals surface area (Å²) in [6, 6.07) is 17.9. The first-order chi connectivity index (χ1) is 12.6. The molecular formula is C19H16ClN3O3. The highest BCUT2D eigenvalue weighted by Crippen LogP contribution is 2.23. The Morgan fingerprint density at radius 2 is 1.69 bits per heavy atom. The number of nitrogens with one attached hydrogen (secondary N) is 2. The van der Waals surface area contributed by atoms with Crippen LogP contribution in [0.3, 0.4) is 0 Å². The van der Waals surface area contributed by atoms with Gasteiger partial charge in [-0.2, -0.15) is 0 Å². The van der Waals surface area contributed by atoms with Crippen molar-refractivity contribution in [2.24, 2.45) is 0 Å². The highest BCUT2D eigenvalue weighted by Gasteiger charge is 2.18. The second kappa shape index (κ2) is 8.31. The van der Waals surface area contributed by atoms with Gasteiger partial charge in [-0.1, -0.05) is 59.2 Å². The second-order valence-corrected chi connectivity index (χ2v) is 5.96. The van der Waals surface area contributed by atoms with Gasteiger partial charge in [0.2, 0.25) is 11.7 Å². The second-order valence-electron chi connectivity index (χ2n) is 5.52. The molecule has 1 aromatic heterocycles. The molecule has 0 radical (unpaired) electrons. The molecule has 6 nitrogen and oxygen atoms in total. The molecule has 0 fully saturated rings. The SMILES string of the molecule is O=C(CNC(=O)c1ccno1)NC(c1ccccc1)c1ccc(Cl)cc1. The number of rotatable bonds is 6. The van der Waals surface area contributed by atoms with Gasteiger partial charge < -0.3 is 15.2 Å². The normalized spacial score (nSPS) is 11.6. The fourth-order valence-corrected chi connectivity index (χ4v) is 2.58. The number of hydrogen-bond donors (Lipinski definition) is 2. The molecule has 3 aromatic rings. The van der Waals surface area contributed by atoms with E-state index in [0.717, 1.165) is 11.1 Å². The zero-order valence-electron chi connectivity index (χ0n) is 13.7. The van der Waals surface area contributed by atoms with Crippen LogP contribution in [-0.2, 0) is 4.79 Å². The topological polar surface area (TPSA) is 84.2 Å². The third-order valence-corrected chi connectivity index (χ3v) is 3.96. The molecular weight excluding hydrogens is 354 g/mol. The van der Waals surface area contributed by atoms with Gasteiger partial charge in [0.05, 0.1) is 18.8 Å². The van der Waals surface area contributed by atoms with Crippen molar-refractivity contribution in [3.63, 3.8) is 0 Å². The lowest BCUT2D eigenvalue weighted by atomic mass is 9.98. The summed E-state index contributed by atoms with van der Waals surface area (Å²) < 4.78 is 4.75. The van der Waals surface area contributed by atoms with Gasteiger partial charge >= 0.3 is 0 Å². The quantitative estimate of drug-likeness (QED) is 0.699. The standard InChI is InChI=1S/C19H16ClN3O3/c20-15-8-6-14(7-9-15)18(13-4-2-1-3-5-13)23-17(24)12-21-19(25)16-10-11-22-26-16/h1-11,18H,12H2,(H,21,25)(H,23,24). The Kier molecular flexibility index (Phi) is 5.66. The Morgan fingerprint density at radius 3 is 2.35 bits per heavy atom. The molecule has 2 amide bonds. The van der Waals surface area contributed by atoms with Crippen LogP contribution in [0.1, 0.15) is 27.7 Å². The van der Waals surface area contributed by atoms with Gasteiger partial charge in [0.15, 0.2) is 0 Å². The Bertz CT molecular complexity index is 865. The lowest BCUT2D eigenvalue weighted by Crippen LogP contribution is -2.38. The van der Waals surface area contributed by atoms with Gasteiger partial charge in [0, 0.05) is 11.1 Å². The molecule has 2 N–H and O–H groups in total. The molecule has 0 saturated carbocycles. The minimum atomic E-state index is -0.500. The van der Waals surface area contributed by atoms with E-state index in [-0.39, 0.29) is 24.3 Å². The monoisotopic (exact) mass is 369 g/mol. The Hall–Kier alpha value is -3.12. The maximum atomic E-state index is 12.3. The highest BCUT2D eigenvalue weighted by atomic mass is 35.5. The van der Waals surface area contributed by atoms with E-state index in [1.165, 1.54) is 12.3 Å². The van der Waals surface area contributed by atoms with Crippen molar-refractivity contribution in [2.75, 3.05) is 6.54 Å². The first kappa shape index (κ1) is 17.7. The molecule has 2 aromatic carbocycles. The largest absolute Gasteiger partial charge is 0.351 e. The molecule has 0 aliphatic heterocycles. The van der Waals surface area contributed by atoms with Crippen molar-refractivity contribution < 1.29 is 14.1 Å². The molecule has 0 saturated heterocycles. The smallest absolute Gasteiger partial charge is 0.290 e. The van der Waals surface area contributed by atoms with E-state index in [2.05, 4.69) is 15.8 Å².